The molecule has 110 valence electrons. The summed E-state index contributed by atoms with van der Waals surface area (Å²) in [6.45, 7) is 0. The maximum atomic E-state index is 13.3. The van der Waals surface area contributed by atoms with Crippen molar-refractivity contribution in [1.82, 2.24) is 0 Å². The lowest BCUT2D eigenvalue weighted by molar-refractivity contribution is -0.111. The number of hydrogen-bond acceptors (Lipinski definition) is 2. The summed E-state index contributed by atoms with van der Waals surface area (Å²) >= 11 is 1.30. The van der Waals surface area contributed by atoms with Crippen molar-refractivity contribution in [3.63, 3.8) is 0 Å². The van der Waals surface area contributed by atoms with E-state index in [-0.39, 0.29) is 0 Å². The summed E-state index contributed by atoms with van der Waals surface area (Å²) in [5.41, 5.74) is -1.38. The monoisotopic (exact) mass is 319 g/mol. The van der Waals surface area contributed by atoms with Gasteiger partial charge in [-0.25, -0.2) is 22.0 Å². The molecule has 1 aromatic heterocycles. The molecule has 2 nitrogen and oxygen atoms in total. The molecule has 0 bridgehead atoms. The smallest absolute Gasteiger partial charge is 0.248 e. The molecule has 0 aliphatic heterocycles. The molecule has 0 aliphatic carbocycles. The van der Waals surface area contributed by atoms with Gasteiger partial charge >= 0.3 is 0 Å². The molecule has 0 saturated carbocycles. The minimum Gasteiger partial charge on any atom is -0.317 e. The Morgan fingerprint density at radius 3 is 2.10 bits per heavy atom. The van der Waals surface area contributed by atoms with Gasteiger partial charge in [0.05, 0.1) is 0 Å². The minimum atomic E-state index is -2.28. The topological polar surface area (TPSA) is 29.1 Å². The van der Waals surface area contributed by atoms with Gasteiger partial charge in [-0.15, -0.1) is 11.3 Å². The van der Waals surface area contributed by atoms with Crippen molar-refractivity contribution < 1.29 is 26.7 Å². The fraction of sp³-hybridized carbons (Fsp3) is 0. The van der Waals surface area contributed by atoms with E-state index in [9.17, 15) is 26.7 Å². The van der Waals surface area contributed by atoms with Crippen LogP contribution in [0.4, 0.5) is 27.6 Å². The maximum absolute atomic E-state index is 13.3. The van der Waals surface area contributed by atoms with E-state index in [2.05, 4.69) is 0 Å². The van der Waals surface area contributed by atoms with E-state index in [0.29, 0.717) is 4.88 Å². The van der Waals surface area contributed by atoms with Gasteiger partial charge in [-0.1, -0.05) is 6.07 Å². The van der Waals surface area contributed by atoms with E-state index < -0.39 is 40.7 Å². The van der Waals surface area contributed by atoms with E-state index >= 15 is 0 Å². The highest BCUT2D eigenvalue weighted by Crippen LogP contribution is 2.27. The average Bonchev–Trinajstić information content (AvgIpc) is 2.99. The van der Waals surface area contributed by atoms with Crippen LogP contribution in [0.5, 0.6) is 0 Å². The maximum Gasteiger partial charge on any atom is 0.248 e. The quantitative estimate of drug-likeness (QED) is 0.392. The standard InChI is InChI=1S/C13H6F5NOS/c14-8-9(15)11(17)13(12(18)10(8)16)19-7(20)4-3-6-2-1-5-21-6/h1-5H,(H,19,20). The Bertz CT molecular complexity index is 683. The second-order valence-corrected chi connectivity index (χ2v) is 4.76. The highest BCUT2D eigenvalue weighted by Gasteiger charge is 2.26. The molecule has 1 aromatic carbocycles. The summed E-state index contributed by atoms with van der Waals surface area (Å²) in [6, 6.07) is 3.39. The van der Waals surface area contributed by atoms with Crippen LogP contribution in [-0.4, -0.2) is 5.91 Å². The average molecular weight is 319 g/mol. The van der Waals surface area contributed by atoms with Crippen molar-refractivity contribution in [1.29, 1.82) is 0 Å². The van der Waals surface area contributed by atoms with Crippen LogP contribution in [0.3, 0.4) is 0 Å². The lowest BCUT2D eigenvalue weighted by atomic mass is 10.2. The first-order valence-electron chi connectivity index (χ1n) is 5.45. The lowest BCUT2D eigenvalue weighted by Gasteiger charge is -2.08. The predicted octanol–water partition coefficient (Wildman–Crippen LogP) is 4.10. The number of amides is 1. The van der Waals surface area contributed by atoms with Crippen molar-refractivity contribution in [3.05, 3.63) is 57.6 Å². The molecular weight excluding hydrogens is 313 g/mol. The van der Waals surface area contributed by atoms with Crippen molar-refractivity contribution >= 4 is 29.0 Å². The van der Waals surface area contributed by atoms with Crippen LogP contribution < -0.4 is 5.32 Å². The van der Waals surface area contributed by atoms with Crippen LogP contribution in [0, 0.1) is 29.1 Å². The molecule has 0 unspecified atom stereocenters. The van der Waals surface area contributed by atoms with Gasteiger partial charge in [-0.05, 0) is 17.5 Å². The number of hydrogen-bond donors (Lipinski definition) is 1. The Balaban J connectivity index is 2.26. The number of rotatable bonds is 3. The van der Waals surface area contributed by atoms with Gasteiger partial charge in [-0.3, -0.25) is 4.79 Å². The Hall–Kier alpha value is -2.22. The van der Waals surface area contributed by atoms with Crippen LogP contribution >= 0.6 is 11.3 Å². The van der Waals surface area contributed by atoms with Crippen molar-refractivity contribution in [2.45, 2.75) is 0 Å². The number of carbonyl (C=O) groups excluding carboxylic acids is 1. The third-order valence-corrected chi connectivity index (χ3v) is 3.24. The van der Waals surface area contributed by atoms with Gasteiger partial charge in [0, 0.05) is 11.0 Å². The Labute approximate surface area is 119 Å². The minimum absolute atomic E-state index is 0.683. The first-order valence-corrected chi connectivity index (χ1v) is 6.33. The van der Waals surface area contributed by atoms with E-state index in [1.54, 1.807) is 22.8 Å². The third-order valence-electron chi connectivity index (χ3n) is 2.40. The van der Waals surface area contributed by atoms with E-state index in [1.807, 2.05) is 0 Å². The summed E-state index contributed by atoms with van der Waals surface area (Å²) < 4.78 is 65.3. The predicted molar refractivity (Wildman–Crippen MR) is 68.2 cm³/mol. The SMILES string of the molecule is O=C(C=Cc1cccs1)Nc1c(F)c(F)c(F)c(F)c1F. The van der Waals surface area contributed by atoms with E-state index in [0.717, 1.165) is 6.08 Å². The number of carbonyl (C=O) groups is 1. The molecule has 1 N–H and O–H groups in total. The molecule has 8 heteroatoms. The van der Waals surface area contributed by atoms with Gasteiger partial charge < -0.3 is 5.32 Å². The number of thiophene rings is 1. The van der Waals surface area contributed by atoms with Gasteiger partial charge in [0.15, 0.2) is 23.3 Å². The third kappa shape index (κ3) is 3.10. The second-order valence-electron chi connectivity index (χ2n) is 3.78. The number of anilines is 1. The molecular formula is C13H6F5NOS. The normalized spacial score (nSPS) is 11.1. The summed E-state index contributed by atoms with van der Waals surface area (Å²) in [5, 5.41) is 3.37. The molecule has 0 saturated heterocycles. The molecule has 0 fully saturated rings. The van der Waals surface area contributed by atoms with E-state index in [4.69, 9.17) is 0 Å². The first kappa shape index (κ1) is 15.2. The van der Waals surface area contributed by atoms with Gasteiger partial charge in [0.25, 0.3) is 0 Å². The molecule has 2 aromatic rings. The fourth-order valence-corrected chi connectivity index (χ4v) is 2.04. The zero-order valence-electron chi connectivity index (χ0n) is 10.1. The Morgan fingerprint density at radius 1 is 1.00 bits per heavy atom. The molecule has 0 radical (unpaired) electrons. The Kier molecular flexibility index (Phi) is 4.37. The number of nitrogens with one attached hydrogen (secondary N) is 1. The highest BCUT2D eigenvalue weighted by molar-refractivity contribution is 7.10. The molecule has 2 rings (SSSR count). The zero-order chi connectivity index (χ0) is 15.6. The molecule has 0 atom stereocenters. The van der Waals surface area contributed by atoms with Crippen LogP contribution in [0.2, 0.25) is 0 Å². The molecule has 1 amide bonds. The van der Waals surface area contributed by atoms with E-state index in [1.165, 1.54) is 17.4 Å². The van der Waals surface area contributed by atoms with Crippen LogP contribution in [-0.2, 0) is 4.79 Å². The molecule has 0 aliphatic rings. The Morgan fingerprint density at radius 2 is 1.57 bits per heavy atom. The van der Waals surface area contributed by atoms with Crippen LogP contribution in [0.25, 0.3) is 6.08 Å². The van der Waals surface area contributed by atoms with Crippen molar-refractivity contribution in [3.8, 4) is 0 Å². The van der Waals surface area contributed by atoms with Crippen molar-refractivity contribution in [2.24, 2.45) is 0 Å². The molecule has 21 heavy (non-hydrogen) atoms. The summed E-state index contributed by atoms with van der Waals surface area (Å²) in [7, 11) is 0. The lowest BCUT2D eigenvalue weighted by Crippen LogP contribution is -2.14. The van der Waals surface area contributed by atoms with Crippen molar-refractivity contribution in [2.75, 3.05) is 5.32 Å². The highest BCUT2D eigenvalue weighted by atomic mass is 32.1. The fourth-order valence-electron chi connectivity index (χ4n) is 1.42. The zero-order valence-corrected chi connectivity index (χ0v) is 10.9. The number of halogens is 5. The molecule has 1 heterocycles. The van der Waals surface area contributed by atoms with Gasteiger partial charge in [0.1, 0.15) is 5.69 Å². The first-order chi connectivity index (χ1) is 9.91. The second kappa shape index (κ2) is 6.04. The largest absolute Gasteiger partial charge is 0.317 e. The molecule has 0 spiro atoms. The summed E-state index contributed by atoms with van der Waals surface area (Å²) in [6.07, 6.45) is 2.26. The number of benzene rings is 1. The van der Waals surface area contributed by atoms with Crippen LogP contribution in [0.15, 0.2) is 23.6 Å². The summed E-state index contributed by atoms with van der Waals surface area (Å²) in [4.78, 5) is 12.1. The summed E-state index contributed by atoms with van der Waals surface area (Å²) in [5.74, 6) is -11.7. The van der Waals surface area contributed by atoms with Crippen LogP contribution in [0.1, 0.15) is 4.88 Å². The van der Waals surface area contributed by atoms with Gasteiger partial charge in [-0.2, -0.15) is 0 Å². The van der Waals surface area contributed by atoms with Gasteiger partial charge in [0.2, 0.25) is 11.7 Å².